The standard InChI is InChI=1S/C14H12BrNO3/c15-11-7-12(16)10(14(17)18)6-13(11)19-8-9-4-2-1-3-5-9/h1-7H,8,16H2,(H,17,18). The first kappa shape index (κ1) is 13.4. The van der Waals surface area contributed by atoms with E-state index in [9.17, 15) is 4.79 Å². The molecule has 3 N–H and O–H groups in total. The topological polar surface area (TPSA) is 72.5 Å². The molecule has 0 unspecified atom stereocenters. The van der Waals surface area contributed by atoms with Gasteiger partial charge >= 0.3 is 5.97 Å². The van der Waals surface area contributed by atoms with Crippen LogP contribution >= 0.6 is 15.9 Å². The summed E-state index contributed by atoms with van der Waals surface area (Å²) >= 11 is 3.31. The molecule has 0 aliphatic heterocycles. The third-order valence-electron chi connectivity index (χ3n) is 2.57. The van der Waals surface area contributed by atoms with Gasteiger partial charge in [0.05, 0.1) is 10.0 Å². The van der Waals surface area contributed by atoms with Crippen molar-refractivity contribution in [3.05, 3.63) is 58.1 Å². The number of carboxylic acids is 1. The zero-order valence-electron chi connectivity index (χ0n) is 9.97. The fourth-order valence-corrected chi connectivity index (χ4v) is 2.08. The minimum absolute atomic E-state index is 0.0336. The lowest BCUT2D eigenvalue weighted by molar-refractivity contribution is 0.0697. The number of rotatable bonds is 4. The van der Waals surface area contributed by atoms with Gasteiger partial charge < -0.3 is 15.6 Å². The average molecular weight is 322 g/mol. The number of ether oxygens (including phenoxy) is 1. The van der Waals surface area contributed by atoms with Crippen molar-refractivity contribution >= 4 is 27.6 Å². The molecule has 0 aliphatic rings. The molecule has 0 spiro atoms. The second-order valence-electron chi connectivity index (χ2n) is 3.95. The third-order valence-corrected chi connectivity index (χ3v) is 3.19. The highest BCUT2D eigenvalue weighted by molar-refractivity contribution is 9.10. The number of benzene rings is 2. The Bertz CT molecular complexity index is 599. The third kappa shape index (κ3) is 3.26. The van der Waals surface area contributed by atoms with Crippen LogP contribution < -0.4 is 10.5 Å². The van der Waals surface area contributed by atoms with Gasteiger partial charge in [-0.2, -0.15) is 0 Å². The number of halogens is 1. The second kappa shape index (κ2) is 5.75. The van der Waals surface area contributed by atoms with Gasteiger partial charge in [-0.3, -0.25) is 0 Å². The number of hydrogen-bond acceptors (Lipinski definition) is 3. The number of nitrogens with two attached hydrogens (primary N) is 1. The summed E-state index contributed by atoms with van der Waals surface area (Å²) < 4.78 is 6.23. The Morgan fingerprint density at radius 2 is 1.95 bits per heavy atom. The van der Waals surface area contributed by atoms with E-state index >= 15 is 0 Å². The highest BCUT2D eigenvalue weighted by atomic mass is 79.9. The van der Waals surface area contributed by atoms with E-state index in [-0.39, 0.29) is 11.3 Å². The number of carboxylic acid groups (broad SMARTS) is 1. The Hall–Kier alpha value is -2.01. The smallest absolute Gasteiger partial charge is 0.337 e. The van der Waals surface area contributed by atoms with Crippen molar-refractivity contribution in [3.8, 4) is 5.75 Å². The minimum atomic E-state index is -1.07. The minimum Gasteiger partial charge on any atom is -0.488 e. The van der Waals surface area contributed by atoms with Crippen LogP contribution in [0.1, 0.15) is 15.9 Å². The molecule has 98 valence electrons. The summed E-state index contributed by atoms with van der Waals surface area (Å²) in [7, 11) is 0. The Kier molecular flexibility index (Phi) is 4.06. The maximum absolute atomic E-state index is 11.0. The largest absolute Gasteiger partial charge is 0.488 e. The van der Waals surface area contributed by atoms with E-state index in [2.05, 4.69) is 15.9 Å². The summed E-state index contributed by atoms with van der Waals surface area (Å²) in [6, 6.07) is 12.6. The molecule has 0 saturated carbocycles. The summed E-state index contributed by atoms with van der Waals surface area (Å²) in [5.74, 6) is -0.620. The second-order valence-corrected chi connectivity index (χ2v) is 4.80. The molecule has 0 amide bonds. The Balaban J connectivity index is 2.21. The summed E-state index contributed by atoms with van der Waals surface area (Å²) in [6.45, 7) is 0.364. The molecule has 2 aromatic carbocycles. The van der Waals surface area contributed by atoms with Crippen LogP contribution in [0.25, 0.3) is 0 Å². The zero-order chi connectivity index (χ0) is 13.8. The van der Waals surface area contributed by atoms with Crippen LogP contribution in [0.2, 0.25) is 0 Å². The van der Waals surface area contributed by atoms with E-state index in [1.807, 2.05) is 30.3 Å². The molecule has 2 aromatic rings. The molecule has 0 heterocycles. The molecule has 0 radical (unpaired) electrons. The highest BCUT2D eigenvalue weighted by Crippen LogP contribution is 2.30. The van der Waals surface area contributed by atoms with E-state index in [0.29, 0.717) is 16.8 Å². The van der Waals surface area contributed by atoms with E-state index in [4.69, 9.17) is 15.6 Å². The lowest BCUT2D eigenvalue weighted by atomic mass is 10.1. The summed E-state index contributed by atoms with van der Waals surface area (Å²) in [6.07, 6.45) is 0. The van der Waals surface area contributed by atoms with Gasteiger partial charge in [-0.15, -0.1) is 0 Å². The Labute approximate surface area is 118 Å². The van der Waals surface area contributed by atoms with Gasteiger partial charge in [-0.1, -0.05) is 30.3 Å². The fourth-order valence-electron chi connectivity index (χ4n) is 1.60. The van der Waals surface area contributed by atoms with Crippen LogP contribution in [0.3, 0.4) is 0 Å². The van der Waals surface area contributed by atoms with Crippen LogP contribution in [0.5, 0.6) is 5.75 Å². The summed E-state index contributed by atoms with van der Waals surface area (Å²) in [4.78, 5) is 11.0. The quantitative estimate of drug-likeness (QED) is 0.847. The average Bonchev–Trinajstić information content (AvgIpc) is 2.38. The van der Waals surface area contributed by atoms with Crippen molar-refractivity contribution in [2.24, 2.45) is 0 Å². The van der Waals surface area contributed by atoms with Crippen molar-refractivity contribution < 1.29 is 14.6 Å². The van der Waals surface area contributed by atoms with Gasteiger partial charge in [-0.05, 0) is 33.6 Å². The number of hydrogen-bond donors (Lipinski definition) is 2. The molecule has 5 heteroatoms. The van der Waals surface area contributed by atoms with Crippen LogP contribution in [0.15, 0.2) is 46.9 Å². The summed E-state index contributed by atoms with van der Waals surface area (Å²) in [5.41, 5.74) is 6.87. The van der Waals surface area contributed by atoms with E-state index in [1.165, 1.54) is 12.1 Å². The summed E-state index contributed by atoms with van der Waals surface area (Å²) in [5, 5.41) is 9.02. The van der Waals surface area contributed by atoms with Crippen molar-refractivity contribution in [1.29, 1.82) is 0 Å². The number of nitrogen functional groups attached to an aromatic ring is 1. The lowest BCUT2D eigenvalue weighted by Crippen LogP contribution is -2.04. The SMILES string of the molecule is Nc1cc(Br)c(OCc2ccccc2)cc1C(=O)O. The first-order valence-corrected chi connectivity index (χ1v) is 6.36. The molecule has 0 aliphatic carbocycles. The Morgan fingerprint density at radius 3 is 2.58 bits per heavy atom. The molecular formula is C14H12BrNO3. The maximum atomic E-state index is 11.0. The van der Waals surface area contributed by atoms with Gasteiger partial charge in [-0.25, -0.2) is 4.79 Å². The first-order chi connectivity index (χ1) is 9.08. The van der Waals surface area contributed by atoms with Crippen molar-refractivity contribution in [2.45, 2.75) is 6.61 Å². The molecule has 0 bridgehead atoms. The molecule has 0 aromatic heterocycles. The first-order valence-electron chi connectivity index (χ1n) is 5.57. The normalized spacial score (nSPS) is 10.2. The van der Waals surface area contributed by atoms with Gasteiger partial charge in [0.2, 0.25) is 0 Å². The van der Waals surface area contributed by atoms with Crippen LogP contribution in [-0.2, 0) is 6.61 Å². The molecule has 0 atom stereocenters. The van der Waals surface area contributed by atoms with Gasteiger partial charge in [0.25, 0.3) is 0 Å². The molecule has 19 heavy (non-hydrogen) atoms. The van der Waals surface area contributed by atoms with Crippen molar-refractivity contribution in [2.75, 3.05) is 5.73 Å². The molecule has 4 nitrogen and oxygen atoms in total. The van der Waals surface area contributed by atoms with E-state index in [0.717, 1.165) is 5.56 Å². The molecule has 2 rings (SSSR count). The van der Waals surface area contributed by atoms with Gasteiger partial charge in [0.15, 0.2) is 0 Å². The van der Waals surface area contributed by atoms with Crippen molar-refractivity contribution in [1.82, 2.24) is 0 Å². The van der Waals surface area contributed by atoms with E-state index < -0.39 is 5.97 Å². The van der Waals surface area contributed by atoms with Gasteiger partial charge in [0, 0.05) is 5.69 Å². The van der Waals surface area contributed by atoms with E-state index in [1.54, 1.807) is 0 Å². The van der Waals surface area contributed by atoms with Gasteiger partial charge in [0.1, 0.15) is 12.4 Å². The van der Waals surface area contributed by atoms with Crippen LogP contribution in [0, 0.1) is 0 Å². The lowest BCUT2D eigenvalue weighted by Gasteiger charge is -2.10. The van der Waals surface area contributed by atoms with Crippen LogP contribution in [0.4, 0.5) is 5.69 Å². The van der Waals surface area contributed by atoms with Crippen LogP contribution in [-0.4, -0.2) is 11.1 Å². The number of carbonyl (C=O) groups is 1. The predicted molar refractivity (Wildman–Crippen MR) is 76.3 cm³/mol. The molecule has 0 fully saturated rings. The maximum Gasteiger partial charge on any atom is 0.337 e. The number of anilines is 1. The molecular weight excluding hydrogens is 310 g/mol. The van der Waals surface area contributed by atoms with Crippen molar-refractivity contribution in [3.63, 3.8) is 0 Å². The fraction of sp³-hybridized carbons (Fsp3) is 0.0714. The Morgan fingerprint density at radius 1 is 1.26 bits per heavy atom. The number of aromatic carboxylic acids is 1. The molecule has 0 saturated heterocycles. The predicted octanol–water partition coefficient (Wildman–Crippen LogP) is 3.31. The monoisotopic (exact) mass is 321 g/mol. The zero-order valence-corrected chi connectivity index (χ0v) is 11.6. The highest BCUT2D eigenvalue weighted by Gasteiger charge is 2.12.